The molecule has 0 heterocycles. The Morgan fingerprint density at radius 3 is 2.61 bits per heavy atom. The highest BCUT2D eigenvalue weighted by atomic mass is 16.5. The van der Waals surface area contributed by atoms with Gasteiger partial charge in [-0.1, -0.05) is 36.8 Å². The van der Waals surface area contributed by atoms with E-state index in [2.05, 4.69) is 43.4 Å². The second-order valence-corrected chi connectivity index (χ2v) is 4.56. The normalized spacial score (nSPS) is 12.2. The number of hydrogen-bond acceptors (Lipinski definition) is 2. The number of aryl methyl sites for hydroxylation is 1. The number of rotatable bonds is 7. The third-order valence-electron chi connectivity index (χ3n) is 2.93. The number of hydrogen-bond donors (Lipinski definition) is 1. The summed E-state index contributed by atoms with van der Waals surface area (Å²) in [7, 11) is 0. The van der Waals surface area contributed by atoms with Crippen molar-refractivity contribution in [3.8, 4) is 0 Å². The SMILES string of the molecule is CCOCCC(=O)NCC(C)c1ccc(C)cc1. The highest BCUT2D eigenvalue weighted by Crippen LogP contribution is 2.14. The molecule has 0 saturated heterocycles. The van der Waals surface area contributed by atoms with Crippen molar-refractivity contribution >= 4 is 5.91 Å². The Morgan fingerprint density at radius 1 is 1.33 bits per heavy atom. The van der Waals surface area contributed by atoms with Gasteiger partial charge in [0.2, 0.25) is 5.91 Å². The maximum Gasteiger partial charge on any atom is 0.222 e. The van der Waals surface area contributed by atoms with Crippen molar-refractivity contribution in [3.05, 3.63) is 35.4 Å². The van der Waals surface area contributed by atoms with Crippen LogP contribution in [0.25, 0.3) is 0 Å². The Morgan fingerprint density at radius 2 is 2.00 bits per heavy atom. The minimum absolute atomic E-state index is 0.0578. The fraction of sp³-hybridized carbons (Fsp3) is 0.533. The van der Waals surface area contributed by atoms with E-state index < -0.39 is 0 Å². The van der Waals surface area contributed by atoms with Crippen molar-refractivity contribution in [2.45, 2.75) is 33.1 Å². The first-order valence-electron chi connectivity index (χ1n) is 6.54. The molecule has 0 aliphatic carbocycles. The first-order valence-corrected chi connectivity index (χ1v) is 6.54. The molecule has 1 unspecified atom stereocenters. The molecule has 0 saturated carbocycles. The van der Waals surface area contributed by atoms with E-state index in [9.17, 15) is 4.79 Å². The first-order chi connectivity index (χ1) is 8.63. The van der Waals surface area contributed by atoms with Gasteiger partial charge < -0.3 is 10.1 Å². The van der Waals surface area contributed by atoms with Gasteiger partial charge in [-0.25, -0.2) is 0 Å². The highest BCUT2D eigenvalue weighted by Gasteiger charge is 2.07. The third-order valence-corrected chi connectivity index (χ3v) is 2.93. The average Bonchev–Trinajstić information content (AvgIpc) is 2.37. The molecule has 18 heavy (non-hydrogen) atoms. The molecule has 1 rings (SSSR count). The maximum atomic E-state index is 11.5. The van der Waals surface area contributed by atoms with Crippen LogP contribution in [0.4, 0.5) is 0 Å². The molecule has 1 aromatic rings. The summed E-state index contributed by atoms with van der Waals surface area (Å²) in [6.45, 7) is 7.96. The van der Waals surface area contributed by atoms with Gasteiger partial charge in [-0.15, -0.1) is 0 Å². The van der Waals surface area contributed by atoms with Crippen LogP contribution in [0.2, 0.25) is 0 Å². The van der Waals surface area contributed by atoms with Crippen LogP contribution in [0.3, 0.4) is 0 Å². The van der Waals surface area contributed by atoms with Crippen molar-refractivity contribution in [2.24, 2.45) is 0 Å². The molecular formula is C15H23NO2. The van der Waals surface area contributed by atoms with E-state index in [1.807, 2.05) is 6.92 Å². The number of carbonyl (C=O) groups is 1. The molecule has 0 aliphatic rings. The molecule has 0 radical (unpaired) electrons. The minimum atomic E-state index is 0.0578. The first kappa shape index (κ1) is 14.7. The molecule has 1 N–H and O–H groups in total. The second kappa shape index (κ2) is 7.88. The van der Waals surface area contributed by atoms with E-state index in [0.29, 0.717) is 32.1 Å². The standard InChI is InChI=1S/C15H23NO2/c1-4-18-10-9-15(17)16-11-13(3)14-7-5-12(2)6-8-14/h5-8,13H,4,9-11H2,1-3H3,(H,16,17). The Hall–Kier alpha value is -1.35. The molecular weight excluding hydrogens is 226 g/mol. The van der Waals surface area contributed by atoms with Gasteiger partial charge in [-0.05, 0) is 25.3 Å². The molecule has 1 atom stereocenters. The predicted octanol–water partition coefficient (Wildman–Crippen LogP) is 2.64. The fourth-order valence-corrected chi connectivity index (χ4v) is 1.68. The van der Waals surface area contributed by atoms with Gasteiger partial charge in [0.1, 0.15) is 0 Å². The summed E-state index contributed by atoms with van der Waals surface area (Å²) in [6, 6.07) is 8.43. The molecule has 0 aliphatic heterocycles. The Labute approximate surface area is 110 Å². The summed E-state index contributed by atoms with van der Waals surface area (Å²) in [6.07, 6.45) is 0.439. The zero-order valence-corrected chi connectivity index (χ0v) is 11.5. The second-order valence-electron chi connectivity index (χ2n) is 4.56. The lowest BCUT2D eigenvalue weighted by Crippen LogP contribution is -2.28. The number of carbonyl (C=O) groups excluding carboxylic acids is 1. The van der Waals surface area contributed by atoms with Crippen LogP contribution in [0.1, 0.15) is 37.3 Å². The monoisotopic (exact) mass is 249 g/mol. The smallest absolute Gasteiger partial charge is 0.222 e. The Bertz CT molecular complexity index is 359. The summed E-state index contributed by atoms with van der Waals surface area (Å²) in [5, 5.41) is 2.94. The lowest BCUT2D eigenvalue weighted by atomic mass is 10.00. The van der Waals surface area contributed by atoms with Gasteiger partial charge in [-0.2, -0.15) is 0 Å². The van der Waals surface area contributed by atoms with Crippen LogP contribution in [0.15, 0.2) is 24.3 Å². The van der Waals surface area contributed by atoms with E-state index in [4.69, 9.17) is 4.74 Å². The van der Waals surface area contributed by atoms with Crippen molar-refractivity contribution < 1.29 is 9.53 Å². The van der Waals surface area contributed by atoms with Gasteiger partial charge >= 0.3 is 0 Å². The number of benzene rings is 1. The summed E-state index contributed by atoms with van der Waals surface area (Å²) < 4.78 is 5.15. The average molecular weight is 249 g/mol. The van der Waals surface area contributed by atoms with Crippen LogP contribution >= 0.6 is 0 Å². The predicted molar refractivity (Wildman–Crippen MR) is 73.7 cm³/mol. The van der Waals surface area contributed by atoms with Gasteiger partial charge in [-0.3, -0.25) is 4.79 Å². The van der Waals surface area contributed by atoms with Crippen molar-refractivity contribution in [3.63, 3.8) is 0 Å². The van der Waals surface area contributed by atoms with Gasteiger partial charge in [0.15, 0.2) is 0 Å². The molecule has 1 amide bonds. The Balaban J connectivity index is 2.30. The largest absolute Gasteiger partial charge is 0.381 e. The van der Waals surface area contributed by atoms with Gasteiger partial charge in [0.25, 0.3) is 0 Å². The molecule has 0 bridgehead atoms. The van der Waals surface area contributed by atoms with Crippen LogP contribution < -0.4 is 5.32 Å². The van der Waals surface area contributed by atoms with Crippen molar-refractivity contribution in [2.75, 3.05) is 19.8 Å². The molecule has 3 nitrogen and oxygen atoms in total. The lowest BCUT2D eigenvalue weighted by molar-refractivity contribution is -0.122. The van der Waals surface area contributed by atoms with Gasteiger partial charge in [0.05, 0.1) is 6.61 Å². The van der Waals surface area contributed by atoms with Crippen LogP contribution in [0.5, 0.6) is 0 Å². The topological polar surface area (TPSA) is 38.3 Å². The van der Waals surface area contributed by atoms with E-state index >= 15 is 0 Å². The molecule has 100 valence electrons. The zero-order valence-electron chi connectivity index (χ0n) is 11.5. The molecule has 0 spiro atoms. The highest BCUT2D eigenvalue weighted by molar-refractivity contribution is 5.76. The summed E-state index contributed by atoms with van der Waals surface area (Å²) in [4.78, 5) is 11.5. The summed E-state index contributed by atoms with van der Waals surface area (Å²) in [5.74, 6) is 0.393. The van der Waals surface area contributed by atoms with Crippen LogP contribution in [0, 0.1) is 6.92 Å². The fourth-order valence-electron chi connectivity index (χ4n) is 1.68. The van der Waals surface area contributed by atoms with Crippen LogP contribution in [-0.4, -0.2) is 25.7 Å². The number of amides is 1. The zero-order chi connectivity index (χ0) is 13.4. The van der Waals surface area contributed by atoms with E-state index in [1.165, 1.54) is 11.1 Å². The quantitative estimate of drug-likeness (QED) is 0.754. The van der Waals surface area contributed by atoms with Crippen molar-refractivity contribution in [1.82, 2.24) is 5.32 Å². The Kier molecular flexibility index (Phi) is 6.44. The number of nitrogens with one attached hydrogen (secondary N) is 1. The molecule has 0 fully saturated rings. The maximum absolute atomic E-state index is 11.5. The molecule has 3 heteroatoms. The lowest BCUT2D eigenvalue weighted by Gasteiger charge is -2.13. The minimum Gasteiger partial charge on any atom is -0.381 e. The summed E-state index contributed by atoms with van der Waals surface area (Å²) in [5.41, 5.74) is 2.51. The summed E-state index contributed by atoms with van der Waals surface area (Å²) >= 11 is 0. The third kappa shape index (κ3) is 5.32. The van der Waals surface area contributed by atoms with E-state index in [-0.39, 0.29) is 5.91 Å². The van der Waals surface area contributed by atoms with Crippen LogP contribution in [-0.2, 0) is 9.53 Å². The van der Waals surface area contributed by atoms with Crippen molar-refractivity contribution in [1.29, 1.82) is 0 Å². The van der Waals surface area contributed by atoms with E-state index in [0.717, 1.165) is 0 Å². The molecule has 1 aromatic carbocycles. The van der Waals surface area contributed by atoms with E-state index in [1.54, 1.807) is 0 Å². The molecule has 0 aromatic heterocycles. The van der Waals surface area contributed by atoms with Gasteiger partial charge in [0, 0.05) is 19.6 Å². The number of ether oxygens (including phenoxy) is 1.